The molecule has 0 radical (unpaired) electrons. The monoisotopic (exact) mass is 271 g/mol. The van der Waals surface area contributed by atoms with E-state index in [1.54, 1.807) is 0 Å². The van der Waals surface area contributed by atoms with E-state index in [9.17, 15) is 4.79 Å². The topological polar surface area (TPSA) is 38.3 Å². The summed E-state index contributed by atoms with van der Waals surface area (Å²) >= 11 is 3.33. The number of carbonyl (C=O) groups is 1. The maximum Gasteiger partial charge on any atom is 0.257 e. The molecular formula is C11H14BrNO2. The molecule has 0 saturated heterocycles. The smallest absolute Gasteiger partial charge is 0.257 e. The first kappa shape index (κ1) is 12.0. The Morgan fingerprint density at radius 2 is 2.33 bits per heavy atom. The zero-order valence-electron chi connectivity index (χ0n) is 8.63. The summed E-state index contributed by atoms with van der Waals surface area (Å²) in [6.07, 6.45) is 0.933. The van der Waals surface area contributed by atoms with E-state index < -0.39 is 0 Å². The Morgan fingerprint density at radius 3 is 3.00 bits per heavy atom. The second-order valence-corrected chi connectivity index (χ2v) is 4.01. The molecule has 0 heterocycles. The summed E-state index contributed by atoms with van der Waals surface area (Å²) in [5, 5.41) is 2.74. The number of nitrogens with one attached hydrogen (secondary N) is 1. The first-order valence-electron chi connectivity index (χ1n) is 4.87. The van der Waals surface area contributed by atoms with Crippen LogP contribution in [0.5, 0.6) is 5.75 Å². The summed E-state index contributed by atoms with van der Waals surface area (Å²) < 4.78 is 6.24. The Morgan fingerprint density at radius 1 is 1.53 bits per heavy atom. The van der Waals surface area contributed by atoms with Gasteiger partial charge in [0.1, 0.15) is 5.75 Å². The maximum absolute atomic E-state index is 11.2. The molecule has 0 fully saturated rings. The third-order valence-corrected chi connectivity index (χ3v) is 2.23. The van der Waals surface area contributed by atoms with Crippen molar-refractivity contribution in [1.82, 2.24) is 5.32 Å². The number of amides is 1. The van der Waals surface area contributed by atoms with Crippen LogP contribution in [0.25, 0.3) is 0 Å². The van der Waals surface area contributed by atoms with Crippen molar-refractivity contribution in [3.8, 4) is 5.75 Å². The van der Waals surface area contributed by atoms with Crippen LogP contribution in [-0.4, -0.2) is 19.1 Å². The quantitative estimate of drug-likeness (QED) is 0.893. The van der Waals surface area contributed by atoms with Crippen LogP contribution >= 0.6 is 15.9 Å². The molecule has 3 nitrogen and oxygen atoms in total. The van der Waals surface area contributed by atoms with Gasteiger partial charge in [0.15, 0.2) is 6.61 Å². The fourth-order valence-electron chi connectivity index (χ4n) is 1.02. The van der Waals surface area contributed by atoms with Gasteiger partial charge in [-0.3, -0.25) is 4.79 Å². The normalized spacial score (nSPS) is 9.73. The van der Waals surface area contributed by atoms with Gasteiger partial charge in [-0.05, 0) is 24.6 Å². The predicted molar refractivity (Wildman–Crippen MR) is 62.9 cm³/mol. The van der Waals surface area contributed by atoms with Gasteiger partial charge in [-0.1, -0.05) is 28.9 Å². The molecule has 0 atom stereocenters. The van der Waals surface area contributed by atoms with Crippen molar-refractivity contribution in [1.29, 1.82) is 0 Å². The third kappa shape index (κ3) is 4.83. The molecule has 0 spiro atoms. The van der Waals surface area contributed by atoms with Crippen molar-refractivity contribution in [2.24, 2.45) is 0 Å². The second kappa shape index (κ2) is 6.45. The van der Waals surface area contributed by atoms with Crippen LogP contribution < -0.4 is 10.1 Å². The molecule has 15 heavy (non-hydrogen) atoms. The molecule has 1 N–H and O–H groups in total. The summed E-state index contributed by atoms with van der Waals surface area (Å²) in [7, 11) is 0. The average molecular weight is 272 g/mol. The first-order valence-corrected chi connectivity index (χ1v) is 5.66. The van der Waals surface area contributed by atoms with E-state index in [2.05, 4.69) is 21.2 Å². The fraction of sp³-hybridized carbons (Fsp3) is 0.364. The number of halogens is 1. The lowest BCUT2D eigenvalue weighted by atomic mass is 10.3. The molecule has 0 aliphatic heterocycles. The van der Waals surface area contributed by atoms with E-state index in [4.69, 9.17) is 4.74 Å². The number of benzene rings is 1. The summed E-state index contributed by atoms with van der Waals surface area (Å²) in [6.45, 7) is 2.77. The van der Waals surface area contributed by atoms with Crippen molar-refractivity contribution in [2.45, 2.75) is 13.3 Å². The minimum atomic E-state index is -0.0863. The highest BCUT2D eigenvalue weighted by atomic mass is 79.9. The van der Waals surface area contributed by atoms with E-state index in [0.29, 0.717) is 12.3 Å². The Hall–Kier alpha value is -1.03. The highest BCUT2D eigenvalue weighted by molar-refractivity contribution is 9.10. The SMILES string of the molecule is CCCNC(=O)COc1cccc(Br)c1. The summed E-state index contributed by atoms with van der Waals surface area (Å²) in [5.74, 6) is 0.604. The summed E-state index contributed by atoms with van der Waals surface area (Å²) in [5.41, 5.74) is 0. The van der Waals surface area contributed by atoms with Gasteiger partial charge >= 0.3 is 0 Å². The predicted octanol–water partition coefficient (Wildman–Crippen LogP) is 2.35. The number of ether oxygens (including phenoxy) is 1. The van der Waals surface area contributed by atoms with Gasteiger partial charge in [0, 0.05) is 11.0 Å². The summed E-state index contributed by atoms with van der Waals surface area (Å²) in [6, 6.07) is 7.42. The molecule has 1 aromatic rings. The highest BCUT2D eigenvalue weighted by Crippen LogP contribution is 2.17. The second-order valence-electron chi connectivity index (χ2n) is 3.10. The molecule has 82 valence electrons. The van der Waals surface area contributed by atoms with Crippen molar-refractivity contribution < 1.29 is 9.53 Å². The molecule has 0 unspecified atom stereocenters. The van der Waals surface area contributed by atoms with Gasteiger partial charge < -0.3 is 10.1 Å². The van der Waals surface area contributed by atoms with E-state index in [1.165, 1.54) is 0 Å². The fourth-order valence-corrected chi connectivity index (χ4v) is 1.40. The molecule has 0 aliphatic rings. The molecule has 0 aliphatic carbocycles. The van der Waals surface area contributed by atoms with Crippen molar-refractivity contribution in [3.05, 3.63) is 28.7 Å². The van der Waals surface area contributed by atoms with E-state index in [0.717, 1.165) is 10.9 Å². The summed E-state index contributed by atoms with van der Waals surface area (Å²) in [4.78, 5) is 11.2. The number of hydrogen-bond acceptors (Lipinski definition) is 2. The van der Waals surface area contributed by atoms with Crippen LogP contribution in [0.3, 0.4) is 0 Å². The largest absolute Gasteiger partial charge is 0.484 e. The van der Waals surface area contributed by atoms with E-state index >= 15 is 0 Å². The molecule has 0 bridgehead atoms. The Kier molecular flexibility index (Phi) is 5.18. The van der Waals surface area contributed by atoms with Gasteiger partial charge in [-0.25, -0.2) is 0 Å². The number of rotatable bonds is 5. The highest BCUT2D eigenvalue weighted by Gasteiger charge is 2.01. The zero-order chi connectivity index (χ0) is 11.1. The van der Waals surface area contributed by atoms with Crippen LogP contribution in [-0.2, 0) is 4.79 Å². The van der Waals surface area contributed by atoms with Gasteiger partial charge in [0.2, 0.25) is 0 Å². The molecule has 0 saturated carbocycles. The van der Waals surface area contributed by atoms with Gasteiger partial charge in [-0.2, -0.15) is 0 Å². The molecule has 0 aromatic heterocycles. The van der Waals surface area contributed by atoms with Crippen molar-refractivity contribution >= 4 is 21.8 Å². The molecular weight excluding hydrogens is 258 g/mol. The van der Waals surface area contributed by atoms with Gasteiger partial charge in [0.05, 0.1) is 0 Å². The van der Waals surface area contributed by atoms with Crippen LogP contribution in [0.4, 0.5) is 0 Å². The van der Waals surface area contributed by atoms with Crippen LogP contribution in [0.15, 0.2) is 28.7 Å². The van der Waals surface area contributed by atoms with Gasteiger partial charge in [0.25, 0.3) is 5.91 Å². The Balaban J connectivity index is 2.33. The third-order valence-electron chi connectivity index (χ3n) is 1.74. The standard InChI is InChI=1S/C11H14BrNO2/c1-2-6-13-11(14)8-15-10-5-3-4-9(12)7-10/h3-5,7H,2,6,8H2,1H3,(H,13,14). The minimum absolute atomic E-state index is 0.0659. The Labute approximate surface area is 97.9 Å². The van der Waals surface area contributed by atoms with Crippen LogP contribution in [0, 0.1) is 0 Å². The van der Waals surface area contributed by atoms with Crippen LogP contribution in [0.1, 0.15) is 13.3 Å². The molecule has 1 aromatic carbocycles. The van der Waals surface area contributed by atoms with E-state index in [1.807, 2.05) is 31.2 Å². The van der Waals surface area contributed by atoms with Crippen molar-refractivity contribution in [3.63, 3.8) is 0 Å². The molecule has 1 amide bonds. The lowest BCUT2D eigenvalue weighted by Gasteiger charge is -2.06. The van der Waals surface area contributed by atoms with Crippen molar-refractivity contribution in [2.75, 3.05) is 13.2 Å². The molecule has 4 heteroatoms. The Bertz CT molecular complexity index is 328. The lowest BCUT2D eigenvalue weighted by molar-refractivity contribution is -0.123. The lowest BCUT2D eigenvalue weighted by Crippen LogP contribution is -2.29. The molecule has 1 rings (SSSR count). The van der Waals surface area contributed by atoms with E-state index in [-0.39, 0.29) is 12.5 Å². The number of carbonyl (C=O) groups excluding carboxylic acids is 1. The number of hydrogen-bond donors (Lipinski definition) is 1. The maximum atomic E-state index is 11.2. The van der Waals surface area contributed by atoms with Gasteiger partial charge in [-0.15, -0.1) is 0 Å². The average Bonchev–Trinajstić information content (AvgIpc) is 2.23. The van der Waals surface area contributed by atoms with Crippen LogP contribution in [0.2, 0.25) is 0 Å². The zero-order valence-corrected chi connectivity index (χ0v) is 10.2. The first-order chi connectivity index (χ1) is 7.22. The minimum Gasteiger partial charge on any atom is -0.484 e.